The first-order valence-electron chi connectivity index (χ1n) is 4.72. The van der Waals surface area contributed by atoms with Crippen molar-refractivity contribution in [3.05, 3.63) is 17.5 Å². The third-order valence-electron chi connectivity index (χ3n) is 1.96. The molecule has 0 aliphatic rings. The second-order valence-corrected chi connectivity index (χ2v) is 3.58. The fourth-order valence-corrected chi connectivity index (χ4v) is 1.11. The molecule has 1 heterocycles. The van der Waals surface area contributed by atoms with Crippen molar-refractivity contribution in [3.8, 4) is 0 Å². The number of hydrogen-bond acceptors (Lipinski definition) is 2. The van der Waals surface area contributed by atoms with Gasteiger partial charge >= 0.3 is 0 Å². The van der Waals surface area contributed by atoms with Crippen molar-refractivity contribution >= 4 is 0 Å². The average molecular weight is 182 g/mol. The fourth-order valence-electron chi connectivity index (χ4n) is 1.11. The van der Waals surface area contributed by atoms with E-state index in [-0.39, 0.29) is 0 Å². The van der Waals surface area contributed by atoms with Gasteiger partial charge in [0.05, 0.1) is 24.9 Å². The van der Waals surface area contributed by atoms with E-state index in [1.165, 1.54) is 5.56 Å². The number of hydrogen-bond donors (Lipinski definition) is 0. The topological polar surface area (TPSA) is 27.1 Å². The Balaban J connectivity index is 2.37. The van der Waals surface area contributed by atoms with E-state index in [9.17, 15) is 0 Å². The molecule has 0 atom stereocenters. The molecule has 0 radical (unpaired) electrons. The maximum Gasteiger partial charge on any atom is 0.0666 e. The number of rotatable bonds is 4. The highest BCUT2D eigenvalue weighted by atomic mass is 16.5. The third-order valence-corrected chi connectivity index (χ3v) is 1.96. The van der Waals surface area contributed by atoms with Gasteiger partial charge in [-0.1, -0.05) is 0 Å². The molecular weight excluding hydrogens is 164 g/mol. The largest absolute Gasteiger partial charge is 0.377 e. The van der Waals surface area contributed by atoms with Crippen molar-refractivity contribution in [1.82, 2.24) is 9.78 Å². The Hall–Kier alpha value is -0.830. The Morgan fingerprint density at radius 1 is 1.46 bits per heavy atom. The van der Waals surface area contributed by atoms with Crippen molar-refractivity contribution in [1.29, 1.82) is 0 Å². The molecule has 0 fully saturated rings. The molecule has 0 bridgehead atoms. The first-order chi connectivity index (χ1) is 6.09. The van der Waals surface area contributed by atoms with Crippen molar-refractivity contribution < 1.29 is 4.74 Å². The molecule has 0 N–H and O–H groups in total. The molecular formula is C10H18N2O. The van der Waals surface area contributed by atoms with Gasteiger partial charge in [-0.25, -0.2) is 0 Å². The van der Waals surface area contributed by atoms with Crippen molar-refractivity contribution in [2.75, 3.05) is 6.61 Å². The fraction of sp³-hybridized carbons (Fsp3) is 0.700. The van der Waals surface area contributed by atoms with Crippen LogP contribution in [0.25, 0.3) is 0 Å². The van der Waals surface area contributed by atoms with E-state index in [0.29, 0.717) is 6.10 Å². The third kappa shape index (κ3) is 3.19. The molecule has 3 nitrogen and oxygen atoms in total. The van der Waals surface area contributed by atoms with Crippen LogP contribution in [0.1, 0.15) is 25.1 Å². The number of aryl methyl sites for hydroxylation is 2. The van der Waals surface area contributed by atoms with Gasteiger partial charge in [0.1, 0.15) is 0 Å². The molecule has 0 amide bonds. The normalized spacial score (nSPS) is 11.2. The Morgan fingerprint density at radius 3 is 2.62 bits per heavy atom. The molecule has 1 aromatic rings. The van der Waals surface area contributed by atoms with Crippen LogP contribution in [0, 0.1) is 13.8 Å². The van der Waals surface area contributed by atoms with Crippen LogP contribution in [0.15, 0.2) is 6.20 Å². The standard InChI is InChI=1S/C10H18N2O/c1-8(2)13-6-5-12-7-9(3)10(4)11-12/h7-8H,5-6H2,1-4H3. The van der Waals surface area contributed by atoms with Crippen molar-refractivity contribution in [2.45, 2.75) is 40.3 Å². The summed E-state index contributed by atoms with van der Waals surface area (Å²) in [6.45, 7) is 9.75. The van der Waals surface area contributed by atoms with Crippen LogP contribution in [0.2, 0.25) is 0 Å². The van der Waals surface area contributed by atoms with Gasteiger partial charge < -0.3 is 4.74 Å². The van der Waals surface area contributed by atoms with Crippen LogP contribution >= 0.6 is 0 Å². The Labute approximate surface area is 79.7 Å². The minimum atomic E-state index is 0.303. The van der Waals surface area contributed by atoms with Crippen LogP contribution < -0.4 is 0 Å². The molecule has 1 rings (SSSR count). The minimum absolute atomic E-state index is 0.303. The number of ether oxygens (including phenoxy) is 1. The Kier molecular flexibility index (Phi) is 3.48. The average Bonchev–Trinajstić information content (AvgIpc) is 2.30. The van der Waals surface area contributed by atoms with Crippen LogP contribution in [0.3, 0.4) is 0 Å². The molecule has 0 aliphatic carbocycles. The molecule has 3 heteroatoms. The highest BCUT2D eigenvalue weighted by Crippen LogP contribution is 2.02. The number of nitrogens with zero attached hydrogens (tertiary/aromatic N) is 2. The van der Waals surface area contributed by atoms with Crippen molar-refractivity contribution in [2.24, 2.45) is 0 Å². The summed E-state index contributed by atoms with van der Waals surface area (Å²) < 4.78 is 7.37. The summed E-state index contributed by atoms with van der Waals surface area (Å²) in [4.78, 5) is 0. The molecule has 1 aromatic heterocycles. The van der Waals surface area contributed by atoms with E-state index in [1.54, 1.807) is 0 Å². The smallest absolute Gasteiger partial charge is 0.0666 e. The summed E-state index contributed by atoms with van der Waals surface area (Å²) in [5.74, 6) is 0. The predicted octanol–water partition coefficient (Wildman–Crippen LogP) is 1.92. The highest BCUT2D eigenvalue weighted by molar-refractivity contribution is 5.12. The zero-order valence-corrected chi connectivity index (χ0v) is 8.87. The first kappa shape index (κ1) is 10.3. The summed E-state index contributed by atoms with van der Waals surface area (Å²) in [6, 6.07) is 0. The van der Waals surface area contributed by atoms with Gasteiger partial charge in [0.25, 0.3) is 0 Å². The second kappa shape index (κ2) is 4.42. The van der Waals surface area contributed by atoms with Crippen LogP contribution in [0.4, 0.5) is 0 Å². The van der Waals surface area contributed by atoms with Crippen LogP contribution in [-0.4, -0.2) is 22.5 Å². The molecule has 0 saturated carbocycles. The van der Waals surface area contributed by atoms with Crippen LogP contribution in [0.5, 0.6) is 0 Å². The molecule has 0 spiro atoms. The van der Waals surface area contributed by atoms with Crippen molar-refractivity contribution in [3.63, 3.8) is 0 Å². The SMILES string of the molecule is Cc1cn(CCOC(C)C)nc1C. The maximum absolute atomic E-state index is 5.43. The Morgan fingerprint density at radius 2 is 2.15 bits per heavy atom. The molecule has 0 aromatic carbocycles. The van der Waals surface area contributed by atoms with E-state index in [4.69, 9.17) is 4.74 Å². The van der Waals surface area contributed by atoms with E-state index in [0.717, 1.165) is 18.8 Å². The lowest BCUT2D eigenvalue weighted by Crippen LogP contribution is -2.10. The van der Waals surface area contributed by atoms with Gasteiger partial charge in [0.2, 0.25) is 0 Å². The van der Waals surface area contributed by atoms with Gasteiger partial charge in [-0.3, -0.25) is 4.68 Å². The summed E-state index contributed by atoms with van der Waals surface area (Å²) in [6.07, 6.45) is 2.36. The molecule has 13 heavy (non-hydrogen) atoms. The van der Waals surface area contributed by atoms with Gasteiger partial charge in [0, 0.05) is 6.20 Å². The van der Waals surface area contributed by atoms with Gasteiger partial charge in [-0.2, -0.15) is 5.10 Å². The Bertz CT molecular complexity index is 246. The van der Waals surface area contributed by atoms with Crippen LogP contribution in [-0.2, 0) is 11.3 Å². The summed E-state index contributed by atoms with van der Waals surface area (Å²) >= 11 is 0. The monoisotopic (exact) mass is 182 g/mol. The molecule has 0 aliphatic heterocycles. The summed E-state index contributed by atoms with van der Waals surface area (Å²) in [7, 11) is 0. The predicted molar refractivity (Wildman–Crippen MR) is 52.8 cm³/mol. The maximum atomic E-state index is 5.43. The lowest BCUT2D eigenvalue weighted by atomic mass is 10.3. The highest BCUT2D eigenvalue weighted by Gasteiger charge is 1.99. The van der Waals surface area contributed by atoms with E-state index < -0.39 is 0 Å². The zero-order valence-electron chi connectivity index (χ0n) is 8.87. The molecule has 0 saturated heterocycles. The van der Waals surface area contributed by atoms with E-state index in [1.807, 2.05) is 25.5 Å². The number of aromatic nitrogens is 2. The van der Waals surface area contributed by atoms with Gasteiger partial charge in [-0.05, 0) is 33.3 Å². The summed E-state index contributed by atoms with van der Waals surface area (Å²) in [5.41, 5.74) is 2.34. The lowest BCUT2D eigenvalue weighted by Gasteiger charge is -2.06. The van der Waals surface area contributed by atoms with E-state index in [2.05, 4.69) is 18.2 Å². The second-order valence-electron chi connectivity index (χ2n) is 3.58. The van der Waals surface area contributed by atoms with Gasteiger partial charge in [-0.15, -0.1) is 0 Å². The van der Waals surface area contributed by atoms with E-state index >= 15 is 0 Å². The quantitative estimate of drug-likeness (QED) is 0.711. The zero-order chi connectivity index (χ0) is 9.84. The lowest BCUT2D eigenvalue weighted by molar-refractivity contribution is 0.0709. The van der Waals surface area contributed by atoms with Gasteiger partial charge in [0.15, 0.2) is 0 Å². The molecule has 0 unspecified atom stereocenters. The molecule has 74 valence electrons. The first-order valence-corrected chi connectivity index (χ1v) is 4.72. The minimum Gasteiger partial charge on any atom is -0.377 e. The summed E-state index contributed by atoms with van der Waals surface area (Å²) in [5, 5.41) is 4.34.